The highest BCUT2D eigenvalue weighted by Crippen LogP contribution is 2.23. The maximum atomic E-state index is 8.89. The van der Waals surface area contributed by atoms with Crippen molar-refractivity contribution in [3.63, 3.8) is 0 Å². The summed E-state index contributed by atoms with van der Waals surface area (Å²) in [7, 11) is 0. The number of likely N-dealkylation sites (tertiary alicyclic amines) is 1. The molecule has 0 amide bonds. The number of hydrogen-bond acceptors (Lipinski definition) is 3. The van der Waals surface area contributed by atoms with E-state index in [1.54, 1.807) is 0 Å². The van der Waals surface area contributed by atoms with Crippen molar-refractivity contribution in [2.24, 2.45) is 0 Å². The number of piperidine rings is 1. The summed E-state index contributed by atoms with van der Waals surface area (Å²) in [6.07, 6.45) is 4.81. The molecule has 0 saturated carbocycles. The molecule has 0 unspecified atom stereocenters. The van der Waals surface area contributed by atoms with Gasteiger partial charge < -0.3 is 5.32 Å². The van der Waals surface area contributed by atoms with Crippen LogP contribution in [0.2, 0.25) is 0 Å². The lowest BCUT2D eigenvalue weighted by Gasteiger charge is -2.34. The highest BCUT2D eigenvalue weighted by Gasteiger charge is 2.25. The summed E-state index contributed by atoms with van der Waals surface area (Å²) in [5.41, 5.74) is 5.09. The van der Waals surface area contributed by atoms with Gasteiger partial charge in [-0.3, -0.25) is 4.90 Å². The van der Waals surface area contributed by atoms with Gasteiger partial charge in [0.2, 0.25) is 0 Å². The Kier molecular flexibility index (Phi) is 4.83. The van der Waals surface area contributed by atoms with Gasteiger partial charge >= 0.3 is 0 Å². The van der Waals surface area contributed by atoms with Crippen molar-refractivity contribution in [1.82, 2.24) is 10.2 Å². The first-order valence-corrected chi connectivity index (χ1v) is 9.34. The molecule has 0 aromatic heterocycles. The molecule has 3 nitrogen and oxygen atoms in total. The third-order valence-electron chi connectivity index (χ3n) is 5.60. The topological polar surface area (TPSA) is 39.1 Å². The van der Waals surface area contributed by atoms with Gasteiger partial charge in [0.05, 0.1) is 11.6 Å². The van der Waals surface area contributed by atoms with Crippen molar-refractivity contribution >= 4 is 0 Å². The minimum absolute atomic E-state index is 0.618. The highest BCUT2D eigenvalue weighted by molar-refractivity contribution is 5.33. The Morgan fingerprint density at radius 3 is 2.16 bits per heavy atom. The van der Waals surface area contributed by atoms with Gasteiger partial charge in [0.25, 0.3) is 0 Å². The number of nitrogens with zero attached hydrogens (tertiary/aromatic N) is 2. The Hall–Kier alpha value is -2.15. The molecule has 1 saturated heterocycles. The van der Waals surface area contributed by atoms with Gasteiger partial charge in [0.1, 0.15) is 0 Å². The van der Waals surface area contributed by atoms with Crippen LogP contribution in [-0.4, -0.2) is 30.1 Å². The van der Waals surface area contributed by atoms with Crippen molar-refractivity contribution < 1.29 is 0 Å². The Bertz CT molecular complexity index is 727. The molecule has 0 bridgehead atoms. The third kappa shape index (κ3) is 3.92. The second-order valence-corrected chi connectivity index (χ2v) is 7.40. The minimum atomic E-state index is 0.618. The molecule has 2 aliphatic rings. The van der Waals surface area contributed by atoms with Crippen molar-refractivity contribution in [1.29, 1.82) is 5.26 Å². The van der Waals surface area contributed by atoms with Crippen LogP contribution in [0.1, 0.15) is 35.1 Å². The van der Waals surface area contributed by atoms with E-state index in [1.165, 1.54) is 42.4 Å². The highest BCUT2D eigenvalue weighted by atomic mass is 15.1. The first-order chi connectivity index (χ1) is 12.3. The Balaban J connectivity index is 1.24. The predicted molar refractivity (Wildman–Crippen MR) is 100 cm³/mol. The van der Waals surface area contributed by atoms with Crippen LogP contribution in [0, 0.1) is 11.3 Å². The van der Waals surface area contributed by atoms with E-state index in [0.29, 0.717) is 12.1 Å². The first kappa shape index (κ1) is 16.3. The lowest BCUT2D eigenvalue weighted by molar-refractivity contribution is 0.184. The van der Waals surface area contributed by atoms with Crippen LogP contribution >= 0.6 is 0 Å². The number of benzene rings is 2. The van der Waals surface area contributed by atoms with Crippen molar-refractivity contribution in [3.05, 3.63) is 70.8 Å². The molecule has 128 valence electrons. The Morgan fingerprint density at radius 1 is 0.920 bits per heavy atom. The van der Waals surface area contributed by atoms with Crippen molar-refractivity contribution in [2.75, 3.05) is 13.1 Å². The van der Waals surface area contributed by atoms with E-state index in [0.717, 1.165) is 25.2 Å². The van der Waals surface area contributed by atoms with Gasteiger partial charge in [-0.15, -0.1) is 0 Å². The fourth-order valence-corrected chi connectivity index (χ4v) is 4.21. The second-order valence-electron chi connectivity index (χ2n) is 7.40. The molecule has 4 rings (SSSR count). The Labute approximate surface area is 150 Å². The van der Waals surface area contributed by atoms with Crippen LogP contribution in [0.25, 0.3) is 0 Å². The van der Waals surface area contributed by atoms with Crippen molar-refractivity contribution in [3.8, 4) is 6.07 Å². The molecule has 0 radical (unpaired) electrons. The van der Waals surface area contributed by atoms with Crippen molar-refractivity contribution in [2.45, 2.75) is 44.3 Å². The van der Waals surface area contributed by atoms with Gasteiger partial charge in [0, 0.05) is 18.6 Å². The number of fused-ring (bicyclic) bond motifs is 1. The standard InChI is InChI=1S/C22H25N3/c23-15-17-5-7-18(8-6-17)16-25-11-9-21(10-12-25)24-22-13-19-3-1-2-4-20(19)14-22/h1-8,21-22,24H,9-14,16H2. The normalized spacial score (nSPS) is 18.8. The van der Waals surface area contributed by atoms with Crippen LogP contribution in [0.3, 0.4) is 0 Å². The smallest absolute Gasteiger partial charge is 0.0991 e. The van der Waals surface area contributed by atoms with E-state index in [1.807, 2.05) is 12.1 Å². The zero-order valence-electron chi connectivity index (χ0n) is 14.6. The molecule has 0 spiro atoms. The lowest BCUT2D eigenvalue weighted by Crippen LogP contribution is -2.46. The van der Waals surface area contributed by atoms with Crippen LogP contribution in [-0.2, 0) is 19.4 Å². The molecule has 1 fully saturated rings. The summed E-state index contributed by atoms with van der Waals surface area (Å²) < 4.78 is 0. The lowest BCUT2D eigenvalue weighted by atomic mass is 10.0. The Morgan fingerprint density at radius 2 is 1.56 bits per heavy atom. The first-order valence-electron chi connectivity index (χ1n) is 9.34. The van der Waals surface area contributed by atoms with Crippen LogP contribution in [0.15, 0.2) is 48.5 Å². The van der Waals surface area contributed by atoms with Gasteiger partial charge in [-0.05, 0) is 67.6 Å². The van der Waals surface area contributed by atoms with Crippen LogP contribution in [0.4, 0.5) is 0 Å². The number of nitrogens with one attached hydrogen (secondary N) is 1. The monoisotopic (exact) mass is 331 g/mol. The van der Waals surface area contributed by atoms with Crippen LogP contribution < -0.4 is 5.32 Å². The van der Waals surface area contributed by atoms with Gasteiger partial charge in [-0.1, -0.05) is 36.4 Å². The maximum Gasteiger partial charge on any atom is 0.0991 e. The molecule has 0 atom stereocenters. The fraction of sp³-hybridized carbons (Fsp3) is 0.409. The third-order valence-corrected chi connectivity index (χ3v) is 5.60. The average molecular weight is 331 g/mol. The van der Waals surface area contributed by atoms with E-state index in [-0.39, 0.29) is 0 Å². The summed E-state index contributed by atoms with van der Waals surface area (Å²) >= 11 is 0. The predicted octanol–water partition coefficient (Wildman–Crippen LogP) is 3.28. The van der Waals surface area contributed by atoms with Gasteiger partial charge in [-0.2, -0.15) is 5.26 Å². The molecule has 2 aromatic rings. The summed E-state index contributed by atoms with van der Waals surface area (Å²) in [5.74, 6) is 0. The zero-order valence-corrected chi connectivity index (χ0v) is 14.6. The molecule has 1 aliphatic carbocycles. The van der Waals surface area contributed by atoms with Gasteiger partial charge in [0.15, 0.2) is 0 Å². The molecule has 25 heavy (non-hydrogen) atoms. The zero-order chi connectivity index (χ0) is 17.1. The maximum absolute atomic E-state index is 8.89. The van der Waals surface area contributed by atoms with Crippen LogP contribution in [0.5, 0.6) is 0 Å². The molecule has 1 heterocycles. The summed E-state index contributed by atoms with van der Waals surface area (Å²) in [5, 5.41) is 12.8. The number of rotatable bonds is 4. The van der Waals surface area contributed by atoms with E-state index in [2.05, 4.69) is 52.7 Å². The second kappa shape index (κ2) is 7.39. The van der Waals surface area contributed by atoms with E-state index >= 15 is 0 Å². The molecule has 1 N–H and O–H groups in total. The summed E-state index contributed by atoms with van der Waals surface area (Å²) in [4.78, 5) is 2.53. The molecule has 1 aliphatic heterocycles. The number of nitriles is 1. The molecular formula is C22H25N3. The summed E-state index contributed by atoms with van der Waals surface area (Å²) in [6, 6.07) is 20.3. The SMILES string of the molecule is N#Cc1ccc(CN2CCC(NC3Cc4ccccc4C3)CC2)cc1. The molecular weight excluding hydrogens is 306 g/mol. The van der Waals surface area contributed by atoms with Gasteiger partial charge in [-0.25, -0.2) is 0 Å². The van der Waals surface area contributed by atoms with E-state index in [9.17, 15) is 0 Å². The minimum Gasteiger partial charge on any atom is -0.310 e. The molecule has 3 heteroatoms. The largest absolute Gasteiger partial charge is 0.310 e. The fourth-order valence-electron chi connectivity index (χ4n) is 4.21. The average Bonchev–Trinajstić information content (AvgIpc) is 3.06. The quantitative estimate of drug-likeness (QED) is 0.934. The number of hydrogen-bond donors (Lipinski definition) is 1. The van der Waals surface area contributed by atoms with E-state index in [4.69, 9.17) is 5.26 Å². The van der Waals surface area contributed by atoms with E-state index < -0.39 is 0 Å². The summed E-state index contributed by atoms with van der Waals surface area (Å²) in [6.45, 7) is 3.29. The molecule has 2 aromatic carbocycles.